The van der Waals surface area contributed by atoms with Crippen LogP contribution in [0.5, 0.6) is 11.5 Å². The summed E-state index contributed by atoms with van der Waals surface area (Å²) in [5.74, 6) is -4.29. The van der Waals surface area contributed by atoms with Crippen LogP contribution in [0.1, 0.15) is 116 Å². The zero-order chi connectivity index (χ0) is 68.7. The van der Waals surface area contributed by atoms with Crippen LogP contribution < -0.4 is 25.1 Å². The van der Waals surface area contributed by atoms with Gasteiger partial charge in [0, 0.05) is 81.2 Å². The Kier molecular flexibility index (Phi) is 30.4. The van der Waals surface area contributed by atoms with E-state index in [1.807, 2.05) is 45.0 Å². The smallest absolute Gasteiger partial charge is 0.409 e. The Hall–Kier alpha value is -6.34. The van der Waals surface area contributed by atoms with Crippen LogP contribution in [0.4, 0.5) is 10.5 Å². The Morgan fingerprint density at radius 3 is 2.22 bits per heavy atom. The molecule has 0 radical (unpaired) electrons. The molecule has 4 aliphatic rings. The lowest BCUT2D eigenvalue weighted by molar-refractivity contribution is -0.198. The Bertz CT molecular complexity index is 3050. The second-order valence-electron chi connectivity index (χ2n) is 24.0. The van der Waals surface area contributed by atoms with Crippen LogP contribution in [0.15, 0.2) is 59.2 Å². The van der Waals surface area contributed by atoms with E-state index in [2.05, 4.69) is 15.8 Å². The van der Waals surface area contributed by atoms with E-state index in [0.29, 0.717) is 80.5 Å². The van der Waals surface area contributed by atoms with Gasteiger partial charge in [0.25, 0.3) is 11.8 Å². The number of ether oxygens (including phenoxy) is 9. The van der Waals surface area contributed by atoms with Gasteiger partial charge in [-0.15, -0.1) is 5.06 Å². The van der Waals surface area contributed by atoms with Crippen molar-refractivity contribution < 1.29 is 96.0 Å². The molecule has 1 aliphatic carbocycles. The zero-order valence-corrected chi connectivity index (χ0v) is 57.6. The van der Waals surface area contributed by atoms with Gasteiger partial charge in [-0.2, -0.15) is 5.10 Å². The number of nitrogens with zero attached hydrogens (tertiary/aromatic N) is 4. The van der Waals surface area contributed by atoms with Crippen LogP contribution in [0.2, 0.25) is 5.02 Å². The predicted octanol–water partition coefficient (Wildman–Crippen LogP) is 6.59. The topological polar surface area (TPSA) is 315 Å². The number of imide groups is 1. The number of hydrazone groups is 1. The van der Waals surface area contributed by atoms with Crippen molar-refractivity contribution in [2.75, 3.05) is 98.4 Å². The first-order chi connectivity index (χ1) is 44.7. The second kappa shape index (κ2) is 37.2. The summed E-state index contributed by atoms with van der Waals surface area (Å²) in [6.07, 6.45) is 1.69. The van der Waals surface area contributed by atoms with Crippen molar-refractivity contribution in [3.05, 3.63) is 75.8 Å². The van der Waals surface area contributed by atoms with Gasteiger partial charge in [0.15, 0.2) is 5.72 Å². The highest BCUT2D eigenvalue weighted by atomic mass is 35.5. The maximum absolute atomic E-state index is 14.4. The molecule has 8 atom stereocenters. The standard InChI is InChI=1S/C65H91ClN6O20S2/c1-40-13-11-16-53(84-10)65(82)38-52(91-63(81)67-65)42(3)61(79)41(2)50(37-58(77)71(8)49-34-44(33-40)35-51(83-9)60(49)66)90-62(80)43(4)70(7)55(74)22-32-93-94-64(5,6)39-54(73)69-68-48-15-12-14-45-36-46(17-18-47(45)48)89-31-30-88-29-28-87-27-26-86-25-24-85-23-21-59(78)92-72-56(75)19-20-57(72)76/h11,13,16-18,34-36,41-43,50,52-53,61,79,82H,12,14-15,19-33,37-39H2,1-10H3,(H,67,81)(H,69,73)/b16-11+,40-13+,68-48+/t41-,42-,43+,50+,52+,53-,61-,65+/m1/s1. The third-order valence-electron chi connectivity index (χ3n) is 16.3. The monoisotopic (exact) mass is 1370 g/mol. The van der Waals surface area contributed by atoms with Gasteiger partial charge in [-0.25, -0.2) is 19.8 Å². The summed E-state index contributed by atoms with van der Waals surface area (Å²) in [4.78, 5) is 111. The molecule has 3 aliphatic heterocycles. The van der Waals surface area contributed by atoms with E-state index < -0.39 is 94.9 Å². The van der Waals surface area contributed by atoms with Gasteiger partial charge in [-0.05, 0) is 94.8 Å². The van der Waals surface area contributed by atoms with Crippen LogP contribution in [-0.4, -0.2) is 208 Å². The maximum atomic E-state index is 14.4. The number of methoxy groups -OCH3 is 2. The summed E-state index contributed by atoms with van der Waals surface area (Å²) < 4.78 is 50.4. The SMILES string of the molecule is COc1cc2cc(c1Cl)N(C)C(=O)C[C@H](OC(=O)[C@H](C)N(C)C(=O)CCSSC(C)(C)CC(=O)N/N=C1\CCCc3cc(OCCOCCOCCOCCOCCC(=O)ON4C(=O)CCC4=O)ccc31)[C@@H](C)[C@@H](O)[C@H](C)[C@@H]1C[C@@](O)(NC(=O)O1)[C@H](OC)/C=C/C=C(\C)C2. The molecule has 6 rings (SSSR count). The lowest BCUT2D eigenvalue weighted by Gasteiger charge is -2.43. The molecular weight excluding hydrogens is 1280 g/mol. The number of halogens is 1. The van der Waals surface area contributed by atoms with E-state index >= 15 is 0 Å². The van der Waals surface area contributed by atoms with Crippen molar-refractivity contribution >= 4 is 92.2 Å². The Labute approximate surface area is 562 Å². The molecule has 26 nitrogen and oxygen atoms in total. The third kappa shape index (κ3) is 22.9. The van der Waals surface area contributed by atoms with Gasteiger partial charge in [-0.3, -0.25) is 29.3 Å². The van der Waals surface area contributed by atoms with Crippen molar-refractivity contribution in [3.8, 4) is 11.5 Å². The van der Waals surface area contributed by atoms with Crippen LogP contribution >= 0.6 is 33.2 Å². The fourth-order valence-corrected chi connectivity index (χ4v) is 13.5. The minimum atomic E-state index is -1.95. The van der Waals surface area contributed by atoms with E-state index in [0.717, 1.165) is 40.8 Å². The fourth-order valence-electron chi connectivity index (χ4n) is 10.7. The van der Waals surface area contributed by atoms with E-state index in [1.165, 1.54) is 66.6 Å². The molecule has 94 heavy (non-hydrogen) atoms. The average molecular weight is 1380 g/mol. The second-order valence-corrected chi connectivity index (χ2v) is 27.5. The first-order valence-electron chi connectivity index (χ1n) is 31.4. The number of aliphatic hydroxyl groups excluding tert-OH is 1. The number of benzene rings is 2. The summed E-state index contributed by atoms with van der Waals surface area (Å²) in [5, 5.41) is 31.6. The Morgan fingerprint density at radius 1 is 0.904 bits per heavy atom. The molecule has 4 N–H and O–H groups in total. The number of fused-ring (bicyclic) bond motifs is 5. The predicted molar refractivity (Wildman–Crippen MR) is 351 cm³/mol. The minimum Gasteiger partial charge on any atom is -0.495 e. The van der Waals surface area contributed by atoms with Gasteiger partial charge in [0.2, 0.25) is 17.7 Å². The molecule has 2 saturated heterocycles. The normalized spacial score (nSPS) is 23.7. The number of aliphatic hydroxyl groups is 2. The number of alkyl carbamates (subject to hydrolysis) is 1. The van der Waals surface area contributed by atoms with E-state index in [-0.39, 0.29) is 75.2 Å². The lowest BCUT2D eigenvalue weighted by Crippen LogP contribution is -2.64. The van der Waals surface area contributed by atoms with Gasteiger partial charge in [-0.1, -0.05) is 70.8 Å². The highest BCUT2D eigenvalue weighted by Gasteiger charge is 2.49. The van der Waals surface area contributed by atoms with E-state index in [4.69, 9.17) is 59.1 Å². The largest absolute Gasteiger partial charge is 0.495 e. The lowest BCUT2D eigenvalue weighted by atomic mass is 9.81. The van der Waals surface area contributed by atoms with Crippen molar-refractivity contribution in [1.82, 2.24) is 20.7 Å². The van der Waals surface area contributed by atoms with Crippen molar-refractivity contribution in [2.24, 2.45) is 16.9 Å². The van der Waals surface area contributed by atoms with E-state index in [1.54, 1.807) is 38.1 Å². The van der Waals surface area contributed by atoms with Gasteiger partial charge >= 0.3 is 18.0 Å². The molecule has 6 amide bonds. The van der Waals surface area contributed by atoms with Crippen LogP contribution in [-0.2, 0) is 84.4 Å². The fraction of sp³-hybridized carbons (Fsp3) is 0.615. The van der Waals surface area contributed by atoms with Crippen LogP contribution in [0, 0.1) is 11.8 Å². The average Bonchev–Trinajstić information content (AvgIpc) is 0.963. The molecular formula is C65H91ClN6O20S2. The zero-order valence-electron chi connectivity index (χ0n) is 55.2. The van der Waals surface area contributed by atoms with Crippen molar-refractivity contribution in [2.45, 2.75) is 153 Å². The van der Waals surface area contributed by atoms with Crippen LogP contribution in [0.3, 0.4) is 0 Å². The number of aryl methyl sites for hydroxylation is 1. The number of hydrogen-bond donors (Lipinski definition) is 4. The number of allylic oxidation sites excluding steroid dienone is 3. The van der Waals surface area contributed by atoms with Gasteiger partial charge < -0.3 is 67.5 Å². The summed E-state index contributed by atoms with van der Waals surface area (Å²) in [7, 11) is 8.71. The number of anilines is 1. The molecule has 29 heteroatoms. The molecule has 2 aromatic carbocycles. The quantitative estimate of drug-likeness (QED) is 0.0211. The third-order valence-corrected chi connectivity index (χ3v) is 20.0. The molecule has 0 saturated carbocycles. The number of hydroxylamine groups is 2. The molecule has 520 valence electrons. The summed E-state index contributed by atoms with van der Waals surface area (Å²) in [6, 6.07) is 8.17. The molecule has 3 heterocycles. The highest BCUT2D eigenvalue weighted by molar-refractivity contribution is 8.77. The number of nitrogens with one attached hydrogen (secondary N) is 2. The van der Waals surface area contributed by atoms with Crippen LogP contribution in [0.25, 0.3) is 0 Å². The summed E-state index contributed by atoms with van der Waals surface area (Å²) in [6.45, 7) is 13.2. The number of amides is 6. The number of carbonyl (C=O) groups is 8. The molecule has 4 bridgehead atoms. The molecule has 0 spiro atoms. The summed E-state index contributed by atoms with van der Waals surface area (Å²) >= 11 is 6.83. The molecule has 0 aromatic heterocycles. The number of esters is 1. The van der Waals surface area contributed by atoms with Crippen molar-refractivity contribution in [3.63, 3.8) is 0 Å². The first-order valence-corrected chi connectivity index (χ1v) is 34.1. The van der Waals surface area contributed by atoms with Crippen molar-refractivity contribution in [1.29, 1.82) is 0 Å². The molecule has 0 unspecified atom stereocenters. The maximum Gasteiger partial charge on any atom is 0.409 e. The van der Waals surface area contributed by atoms with Gasteiger partial charge in [0.05, 0.1) is 90.3 Å². The van der Waals surface area contributed by atoms with Gasteiger partial charge in [0.1, 0.15) is 47.5 Å². The Morgan fingerprint density at radius 2 is 1.56 bits per heavy atom. The number of likely N-dealkylation sites (N-methyl/N-ethyl adjacent to an activating group) is 1. The number of rotatable bonds is 30. The number of hydrogen-bond acceptors (Lipinski definition) is 23. The minimum absolute atomic E-state index is 0.0315. The number of carbonyl (C=O) groups excluding carboxylic acids is 8. The molecule has 2 aromatic rings. The first kappa shape index (κ1) is 76.7. The highest BCUT2D eigenvalue weighted by Crippen LogP contribution is 2.40. The molecule has 2 fully saturated rings. The summed E-state index contributed by atoms with van der Waals surface area (Å²) in [5.41, 5.74) is 5.52. The van der Waals surface area contributed by atoms with E-state index in [9.17, 15) is 48.6 Å². The Balaban J connectivity index is 0.918.